The van der Waals surface area contributed by atoms with Gasteiger partial charge in [0, 0.05) is 28.3 Å². The molecule has 26 heavy (non-hydrogen) atoms. The SMILES string of the molecule is O=S(CCn1cc(Br)cn1)Cc1nc(-c2ccc(C(F)(F)F)cc2)no1. The van der Waals surface area contributed by atoms with Crippen molar-refractivity contribution in [3.8, 4) is 11.4 Å². The number of rotatable bonds is 6. The van der Waals surface area contributed by atoms with Crippen molar-refractivity contribution in [1.29, 1.82) is 0 Å². The van der Waals surface area contributed by atoms with Crippen LogP contribution in [0.15, 0.2) is 45.7 Å². The van der Waals surface area contributed by atoms with Crippen LogP contribution in [0.3, 0.4) is 0 Å². The van der Waals surface area contributed by atoms with Gasteiger partial charge in [-0.25, -0.2) is 0 Å². The standard InChI is InChI=1S/C15H12BrF3N4O2S/c16-12-7-20-23(8-12)5-6-26(24)9-13-21-14(22-25-13)10-1-3-11(4-2-10)15(17,18)19/h1-4,7-8H,5-6,9H2. The van der Waals surface area contributed by atoms with Crippen LogP contribution < -0.4 is 0 Å². The molecule has 2 aromatic heterocycles. The summed E-state index contributed by atoms with van der Waals surface area (Å²) in [5.74, 6) is 0.740. The fraction of sp³-hybridized carbons (Fsp3) is 0.267. The van der Waals surface area contributed by atoms with Gasteiger partial charge in [0.1, 0.15) is 5.75 Å². The number of benzene rings is 1. The normalized spacial score (nSPS) is 13.1. The molecule has 11 heteroatoms. The van der Waals surface area contributed by atoms with Crippen LogP contribution in [0, 0.1) is 0 Å². The van der Waals surface area contributed by atoms with Crippen molar-refractivity contribution in [1.82, 2.24) is 19.9 Å². The number of hydrogen-bond donors (Lipinski definition) is 0. The van der Waals surface area contributed by atoms with Gasteiger partial charge in [0.2, 0.25) is 11.7 Å². The van der Waals surface area contributed by atoms with Gasteiger partial charge in [0.05, 0.1) is 22.8 Å². The highest BCUT2D eigenvalue weighted by molar-refractivity contribution is 9.10. The highest BCUT2D eigenvalue weighted by Crippen LogP contribution is 2.30. The molecule has 0 aliphatic heterocycles. The Labute approximate surface area is 157 Å². The molecule has 0 fully saturated rings. The van der Waals surface area contributed by atoms with E-state index in [-0.39, 0.29) is 17.5 Å². The molecule has 1 aromatic carbocycles. The zero-order valence-electron chi connectivity index (χ0n) is 13.1. The maximum atomic E-state index is 12.6. The van der Waals surface area contributed by atoms with E-state index >= 15 is 0 Å². The summed E-state index contributed by atoms with van der Waals surface area (Å²) in [6.45, 7) is 0.470. The summed E-state index contributed by atoms with van der Waals surface area (Å²) in [4.78, 5) is 4.09. The number of aryl methyl sites for hydroxylation is 1. The van der Waals surface area contributed by atoms with Crippen molar-refractivity contribution in [3.05, 3.63) is 52.6 Å². The molecule has 0 saturated carbocycles. The Morgan fingerprint density at radius 1 is 1.23 bits per heavy atom. The third kappa shape index (κ3) is 4.79. The average Bonchev–Trinajstić information content (AvgIpc) is 3.21. The van der Waals surface area contributed by atoms with E-state index in [0.29, 0.717) is 17.9 Å². The predicted molar refractivity (Wildman–Crippen MR) is 91.4 cm³/mol. The second-order valence-corrected chi connectivity index (χ2v) is 7.79. The van der Waals surface area contributed by atoms with Gasteiger partial charge in [0.25, 0.3) is 0 Å². The summed E-state index contributed by atoms with van der Waals surface area (Å²) in [7, 11) is -1.24. The number of nitrogens with zero attached hydrogens (tertiary/aromatic N) is 4. The summed E-state index contributed by atoms with van der Waals surface area (Å²) in [6, 6.07) is 4.44. The van der Waals surface area contributed by atoms with E-state index in [2.05, 4.69) is 31.2 Å². The Bertz CT molecular complexity index is 908. The first kappa shape index (κ1) is 18.8. The van der Waals surface area contributed by atoms with E-state index in [0.717, 1.165) is 16.6 Å². The highest BCUT2D eigenvalue weighted by atomic mass is 79.9. The number of aromatic nitrogens is 4. The number of halogens is 4. The summed E-state index contributed by atoms with van der Waals surface area (Å²) < 4.78 is 57.3. The average molecular weight is 449 g/mol. The van der Waals surface area contributed by atoms with E-state index in [1.165, 1.54) is 12.1 Å². The molecule has 3 aromatic rings. The quantitative estimate of drug-likeness (QED) is 0.575. The molecular formula is C15H12BrF3N4O2S. The maximum Gasteiger partial charge on any atom is 0.416 e. The maximum absolute atomic E-state index is 12.6. The molecule has 6 nitrogen and oxygen atoms in total. The lowest BCUT2D eigenvalue weighted by molar-refractivity contribution is -0.137. The van der Waals surface area contributed by atoms with Crippen molar-refractivity contribution in [2.45, 2.75) is 18.5 Å². The predicted octanol–water partition coefficient (Wildman–Crippen LogP) is 3.66. The first-order valence-electron chi connectivity index (χ1n) is 7.34. The van der Waals surface area contributed by atoms with Crippen molar-refractivity contribution >= 4 is 26.7 Å². The minimum Gasteiger partial charge on any atom is -0.338 e. The van der Waals surface area contributed by atoms with Crippen LogP contribution in [-0.2, 0) is 29.3 Å². The first-order chi connectivity index (χ1) is 12.3. The highest BCUT2D eigenvalue weighted by Gasteiger charge is 2.30. The molecular weight excluding hydrogens is 437 g/mol. The topological polar surface area (TPSA) is 73.8 Å². The van der Waals surface area contributed by atoms with Gasteiger partial charge in [-0.1, -0.05) is 17.3 Å². The summed E-state index contributed by atoms with van der Waals surface area (Å²) in [5, 5.41) is 7.79. The van der Waals surface area contributed by atoms with E-state index in [1.54, 1.807) is 17.1 Å². The Hall–Kier alpha value is -2.01. The zero-order valence-corrected chi connectivity index (χ0v) is 15.5. The van der Waals surface area contributed by atoms with Crippen LogP contribution in [0.2, 0.25) is 0 Å². The van der Waals surface area contributed by atoms with Crippen LogP contribution >= 0.6 is 15.9 Å². The molecule has 0 bridgehead atoms. The monoisotopic (exact) mass is 448 g/mol. The van der Waals surface area contributed by atoms with E-state index < -0.39 is 22.5 Å². The second-order valence-electron chi connectivity index (χ2n) is 5.30. The molecule has 0 radical (unpaired) electrons. The molecule has 0 amide bonds. The second kappa shape index (κ2) is 7.70. The summed E-state index contributed by atoms with van der Waals surface area (Å²) in [5.41, 5.74) is -0.364. The van der Waals surface area contributed by atoms with Crippen molar-refractivity contribution < 1.29 is 21.9 Å². The minimum absolute atomic E-state index is 0.0655. The van der Waals surface area contributed by atoms with Crippen LogP contribution in [0.25, 0.3) is 11.4 Å². The van der Waals surface area contributed by atoms with E-state index in [1.807, 2.05) is 0 Å². The number of alkyl halides is 3. The Morgan fingerprint density at radius 3 is 2.58 bits per heavy atom. The molecule has 0 aliphatic rings. The first-order valence-corrected chi connectivity index (χ1v) is 9.62. The zero-order chi connectivity index (χ0) is 18.7. The smallest absolute Gasteiger partial charge is 0.338 e. The van der Waals surface area contributed by atoms with Crippen molar-refractivity contribution in [2.24, 2.45) is 0 Å². The molecule has 1 atom stereocenters. The fourth-order valence-electron chi connectivity index (χ4n) is 2.10. The van der Waals surface area contributed by atoms with Gasteiger partial charge in [-0.05, 0) is 28.1 Å². The van der Waals surface area contributed by atoms with Gasteiger partial charge < -0.3 is 4.52 Å². The molecule has 0 saturated heterocycles. The van der Waals surface area contributed by atoms with Crippen LogP contribution in [-0.4, -0.2) is 29.9 Å². The molecule has 0 spiro atoms. The fourth-order valence-corrected chi connectivity index (χ4v) is 3.36. The molecule has 1 unspecified atom stereocenters. The van der Waals surface area contributed by atoms with Gasteiger partial charge in [0.15, 0.2) is 0 Å². The third-order valence-corrected chi connectivity index (χ3v) is 4.99. The lowest BCUT2D eigenvalue weighted by atomic mass is 10.1. The van der Waals surface area contributed by atoms with Gasteiger partial charge in [-0.2, -0.15) is 23.3 Å². The van der Waals surface area contributed by atoms with Gasteiger partial charge in [-0.3, -0.25) is 8.89 Å². The van der Waals surface area contributed by atoms with Crippen LogP contribution in [0.1, 0.15) is 11.5 Å². The van der Waals surface area contributed by atoms with Crippen LogP contribution in [0.5, 0.6) is 0 Å². The summed E-state index contributed by atoms with van der Waals surface area (Å²) >= 11 is 3.28. The van der Waals surface area contributed by atoms with E-state index in [9.17, 15) is 17.4 Å². The van der Waals surface area contributed by atoms with Gasteiger partial charge in [-0.15, -0.1) is 0 Å². The molecule has 0 N–H and O–H groups in total. The Kier molecular flexibility index (Phi) is 5.56. The molecule has 0 aliphatic carbocycles. The van der Waals surface area contributed by atoms with E-state index in [4.69, 9.17) is 4.52 Å². The largest absolute Gasteiger partial charge is 0.416 e. The van der Waals surface area contributed by atoms with Crippen LogP contribution in [0.4, 0.5) is 13.2 Å². The van der Waals surface area contributed by atoms with Gasteiger partial charge >= 0.3 is 6.18 Å². The number of hydrogen-bond acceptors (Lipinski definition) is 5. The molecule has 2 heterocycles. The minimum atomic E-state index is -4.40. The third-order valence-electron chi connectivity index (χ3n) is 3.37. The molecule has 138 valence electrons. The lowest BCUT2D eigenvalue weighted by Crippen LogP contribution is -2.09. The molecule has 3 rings (SSSR count). The Morgan fingerprint density at radius 2 is 1.96 bits per heavy atom. The lowest BCUT2D eigenvalue weighted by Gasteiger charge is -2.05. The Balaban J connectivity index is 1.59. The van der Waals surface area contributed by atoms with Crippen molar-refractivity contribution in [2.75, 3.05) is 5.75 Å². The van der Waals surface area contributed by atoms with Crippen molar-refractivity contribution in [3.63, 3.8) is 0 Å². The summed E-state index contributed by atoms with van der Waals surface area (Å²) in [6.07, 6.45) is -0.994.